The van der Waals surface area contributed by atoms with Gasteiger partial charge in [-0.1, -0.05) is 11.6 Å². The molecule has 0 saturated carbocycles. The number of nitrogens with zero attached hydrogens (tertiary/aromatic N) is 3. The maximum Gasteiger partial charge on any atom is 0.319 e. The van der Waals surface area contributed by atoms with Gasteiger partial charge in [-0.3, -0.25) is 29.4 Å². The quantitative estimate of drug-likeness (QED) is 0.292. The number of carbonyl (C=O) groups excluding carboxylic acids is 5. The zero-order chi connectivity index (χ0) is 29.1. The van der Waals surface area contributed by atoms with E-state index in [-0.39, 0.29) is 29.7 Å². The Labute approximate surface area is 241 Å². The molecule has 2 aromatic heterocycles. The van der Waals surface area contributed by atoms with Crippen molar-refractivity contribution in [1.29, 1.82) is 0 Å². The van der Waals surface area contributed by atoms with E-state index in [2.05, 4.69) is 20.9 Å². The van der Waals surface area contributed by atoms with Gasteiger partial charge in [-0.25, -0.2) is 14.8 Å². The van der Waals surface area contributed by atoms with Crippen LogP contribution in [-0.2, 0) is 15.1 Å². The van der Waals surface area contributed by atoms with Crippen molar-refractivity contribution in [3.8, 4) is 11.5 Å². The van der Waals surface area contributed by atoms with Gasteiger partial charge in [0.05, 0.1) is 38.6 Å². The van der Waals surface area contributed by atoms with Gasteiger partial charge >= 0.3 is 6.03 Å². The zero-order valence-electron chi connectivity index (χ0n) is 21.6. The molecule has 41 heavy (non-hydrogen) atoms. The first-order valence-electron chi connectivity index (χ1n) is 12.5. The number of halogens is 1. The molecule has 6 rings (SSSR count). The Kier molecular flexibility index (Phi) is 6.35. The van der Waals surface area contributed by atoms with E-state index in [0.717, 1.165) is 9.60 Å². The Morgan fingerprint density at radius 3 is 2.63 bits per heavy atom. The van der Waals surface area contributed by atoms with Crippen molar-refractivity contribution >= 4 is 68.5 Å². The highest BCUT2D eigenvalue weighted by molar-refractivity contribution is 7.18. The molecule has 1 saturated heterocycles. The Hall–Kier alpha value is -4.62. The van der Waals surface area contributed by atoms with Crippen molar-refractivity contribution in [3.63, 3.8) is 0 Å². The lowest BCUT2D eigenvalue weighted by molar-refractivity contribution is -0.136. The summed E-state index contributed by atoms with van der Waals surface area (Å²) in [6, 6.07) is 6.15. The molecule has 208 valence electrons. The van der Waals surface area contributed by atoms with Crippen molar-refractivity contribution in [2.75, 3.05) is 5.32 Å². The van der Waals surface area contributed by atoms with Crippen LogP contribution in [0, 0.1) is 0 Å². The van der Waals surface area contributed by atoms with Gasteiger partial charge in [0.2, 0.25) is 17.7 Å². The van der Waals surface area contributed by atoms with Crippen molar-refractivity contribution in [2.45, 2.75) is 38.3 Å². The first-order valence-corrected chi connectivity index (χ1v) is 13.7. The summed E-state index contributed by atoms with van der Waals surface area (Å²) in [6.07, 6.45) is 3.06. The molecule has 0 radical (unpaired) electrons. The standard InChI is InChI=1S/C27H21ClN6O6S/c1-27(2,25-32-20-16(22-29-7-8-40-22)9-12(28)10-18(20)41-25)33-26(39)30-13-3-4-14-15(11-13)24(38)34(23(14)37)17-5-6-19(35)31-21(17)36/h3-4,7-11,17H,5-6H2,1-2H3,(H2,30,33,39)(H,31,35,36). The fourth-order valence-corrected chi connectivity index (χ4v) is 6.20. The van der Waals surface area contributed by atoms with Crippen LogP contribution >= 0.6 is 22.9 Å². The lowest BCUT2D eigenvalue weighted by Gasteiger charge is -2.27. The van der Waals surface area contributed by atoms with Crippen LogP contribution in [0.3, 0.4) is 0 Å². The Balaban J connectivity index is 1.20. The van der Waals surface area contributed by atoms with E-state index in [1.54, 1.807) is 26.0 Å². The average Bonchev–Trinajstić information content (AvgIpc) is 3.64. The fraction of sp³-hybridized carbons (Fsp3) is 0.222. The number of fused-ring (bicyclic) bond motifs is 2. The van der Waals surface area contributed by atoms with Crippen molar-refractivity contribution < 1.29 is 28.4 Å². The summed E-state index contributed by atoms with van der Waals surface area (Å²) in [5.74, 6) is -2.07. The normalized spacial score (nSPS) is 17.1. The number of nitrogens with one attached hydrogen (secondary N) is 3. The van der Waals surface area contributed by atoms with Crippen molar-refractivity contribution in [3.05, 3.63) is 63.9 Å². The molecule has 1 unspecified atom stereocenters. The Bertz CT molecular complexity index is 1780. The molecule has 2 aromatic carbocycles. The van der Waals surface area contributed by atoms with Crippen LogP contribution in [0.1, 0.15) is 52.4 Å². The van der Waals surface area contributed by atoms with Gasteiger partial charge in [-0.2, -0.15) is 0 Å². The number of aromatic nitrogens is 2. The number of benzene rings is 2. The number of urea groups is 1. The van der Waals surface area contributed by atoms with Gasteiger partial charge in [-0.05, 0) is 50.6 Å². The molecular weight excluding hydrogens is 572 g/mol. The molecule has 1 fully saturated rings. The number of anilines is 1. The molecule has 2 aliphatic heterocycles. The summed E-state index contributed by atoms with van der Waals surface area (Å²) >= 11 is 7.67. The van der Waals surface area contributed by atoms with Crippen LogP contribution in [0.15, 0.2) is 47.2 Å². The smallest absolute Gasteiger partial charge is 0.319 e. The molecule has 4 heterocycles. The predicted molar refractivity (Wildman–Crippen MR) is 148 cm³/mol. The van der Waals surface area contributed by atoms with Crippen LogP contribution in [-0.4, -0.2) is 50.6 Å². The van der Waals surface area contributed by atoms with Crippen molar-refractivity contribution in [1.82, 2.24) is 25.5 Å². The fourth-order valence-electron chi connectivity index (χ4n) is 4.83. The maximum atomic E-state index is 13.1. The van der Waals surface area contributed by atoms with Gasteiger partial charge in [0.1, 0.15) is 17.3 Å². The largest absolute Gasteiger partial charge is 0.444 e. The van der Waals surface area contributed by atoms with Gasteiger partial charge in [0.15, 0.2) is 0 Å². The minimum absolute atomic E-state index is 0.0231. The molecule has 0 aliphatic carbocycles. The summed E-state index contributed by atoms with van der Waals surface area (Å²) in [5, 5.41) is 8.84. The molecule has 12 nitrogen and oxygen atoms in total. The number of piperidine rings is 1. The number of amides is 6. The third-order valence-electron chi connectivity index (χ3n) is 6.78. The average molecular weight is 593 g/mol. The van der Waals surface area contributed by atoms with E-state index in [9.17, 15) is 24.0 Å². The number of rotatable bonds is 5. The van der Waals surface area contributed by atoms with Crippen LogP contribution in [0.5, 0.6) is 0 Å². The SMILES string of the molecule is CC(C)(NC(=O)Nc1ccc2c(c1)C(=O)N(C1CCC(=O)NC1=O)C2=O)c1nc2c(-c3ncco3)cc(Cl)cc2s1. The van der Waals surface area contributed by atoms with Gasteiger partial charge in [-0.15, -0.1) is 11.3 Å². The molecule has 14 heteroatoms. The van der Waals surface area contributed by atoms with E-state index in [1.807, 2.05) is 0 Å². The minimum Gasteiger partial charge on any atom is -0.444 e. The lowest BCUT2D eigenvalue weighted by atomic mass is 10.0. The molecule has 6 amide bonds. The van der Waals surface area contributed by atoms with E-state index in [1.165, 1.54) is 42.0 Å². The molecule has 0 spiro atoms. The topological polar surface area (TPSA) is 164 Å². The van der Waals surface area contributed by atoms with Crippen molar-refractivity contribution in [2.24, 2.45) is 0 Å². The lowest BCUT2D eigenvalue weighted by Crippen LogP contribution is -2.54. The summed E-state index contributed by atoms with van der Waals surface area (Å²) in [4.78, 5) is 72.6. The predicted octanol–water partition coefficient (Wildman–Crippen LogP) is 4.06. The summed E-state index contributed by atoms with van der Waals surface area (Å²) in [5.41, 5.74) is 0.781. The minimum atomic E-state index is -1.08. The zero-order valence-corrected chi connectivity index (χ0v) is 23.2. The Morgan fingerprint density at radius 2 is 1.90 bits per heavy atom. The summed E-state index contributed by atoms with van der Waals surface area (Å²) in [7, 11) is 0. The second-order valence-electron chi connectivity index (χ2n) is 10.1. The third-order valence-corrected chi connectivity index (χ3v) is 8.33. The number of imide groups is 2. The molecule has 0 bridgehead atoms. The second-order valence-corrected chi connectivity index (χ2v) is 11.5. The molecular formula is C27H21ClN6O6S. The van der Waals surface area contributed by atoms with Crippen LogP contribution in [0.25, 0.3) is 21.7 Å². The number of oxazole rings is 1. The molecule has 4 aromatic rings. The van der Waals surface area contributed by atoms with Crippen LogP contribution < -0.4 is 16.0 Å². The highest BCUT2D eigenvalue weighted by atomic mass is 35.5. The van der Waals surface area contributed by atoms with Crippen LogP contribution in [0.4, 0.5) is 10.5 Å². The van der Waals surface area contributed by atoms with E-state index in [0.29, 0.717) is 27.0 Å². The monoisotopic (exact) mass is 592 g/mol. The van der Waals surface area contributed by atoms with Gasteiger partial charge < -0.3 is 15.1 Å². The second kappa shape index (κ2) is 9.78. The number of hydrogen-bond donors (Lipinski definition) is 3. The maximum absolute atomic E-state index is 13.1. The first kappa shape index (κ1) is 26.6. The van der Waals surface area contributed by atoms with Gasteiger partial charge in [0, 0.05) is 17.1 Å². The third kappa shape index (κ3) is 4.72. The van der Waals surface area contributed by atoms with E-state index < -0.39 is 41.2 Å². The first-order chi connectivity index (χ1) is 19.5. The van der Waals surface area contributed by atoms with E-state index >= 15 is 0 Å². The number of thiazole rings is 1. The molecule has 2 aliphatic rings. The Morgan fingerprint density at radius 1 is 1.12 bits per heavy atom. The summed E-state index contributed by atoms with van der Waals surface area (Å²) < 4.78 is 6.23. The summed E-state index contributed by atoms with van der Waals surface area (Å²) in [6.45, 7) is 3.58. The molecule has 3 N–H and O–H groups in total. The number of hydrogen-bond acceptors (Lipinski definition) is 9. The molecule has 1 atom stereocenters. The highest BCUT2D eigenvalue weighted by Gasteiger charge is 2.44. The van der Waals surface area contributed by atoms with Gasteiger partial charge in [0.25, 0.3) is 11.8 Å². The van der Waals surface area contributed by atoms with Crippen LogP contribution in [0.2, 0.25) is 5.02 Å². The number of carbonyl (C=O) groups is 5. The highest BCUT2D eigenvalue weighted by Crippen LogP contribution is 2.37. The van der Waals surface area contributed by atoms with E-state index in [4.69, 9.17) is 21.0 Å².